The van der Waals surface area contributed by atoms with Crippen molar-refractivity contribution in [3.05, 3.63) is 0 Å². The van der Waals surface area contributed by atoms with Gasteiger partial charge in [0.1, 0.15) is 5.60 Å². The lowest BCUT2D eigenvalue weighted by Crippen LogP contribution is -2.35. The van der Waals surface area contributed by atoms with Crippen LogP contribution in [0.2, 0.25) is 0 Å². The van der Waals surface area contributed by atoms with Crippen molar-refractivity contribution in [2.45, 2.75) is 45.6 Å². The predicted octanol–water partition coefficient (Wildman–Crippen LogP) is 2.26. The molecule has 17 heavy (non-hydrogen) atoms. The first-order valence-corrected chi connectivity index (χ1v) is 6.38. The van der Waals surface area contributed by atoms with Crippen LogP contribution in [0.4, 0.5) is 4.79 Å². The summed E-state index contributed by atoms with van der Waals surface area (Å²) in [5.41, 5.74) is -0.366. The molecule has 1 N–H and O–H groups in total. The maximum Gasteiger partial charge on any atom is 0.410 e. The zero-order valence-corrected chi connectivity index (χ0v) is 11.4. The molecule has 0 radical (unpaired) electrons. The molecule has 2 rings (SSSR count). The van der Waals surface area contributed by atoms with Gasteiger partial charge >= 0.3 is 6.09 Å². The van der Waals surface area contributed by atoms with Gasteiger partial charge in [-0.2, -0.15) is 0 Å². The molecule has 4 nitrogen and oxygen atoms in total. The molecule has 0 spiro atoms. The Hall–Kier alpha value is -0.770. The Balaban J connectivity index is 0.000000686. The van der Waals surface area contributed by atoms with E-state index in [1.54, 1.807) is 0 Å². The van der Waals surface area contributed by atoms with E-state index in [0.29, 0.717) is 0 Å². The SMILES string of the molecule is CC(C)(C)OC(=O)N1C[C@H]2CCC[C@H]2C1.CO. The Morgan fingerprint density at radius 2 is 1.65 bits per heavy atom. The average molecular weight is 243 g/mol. The number of amides is 1. The summed E-state index contributed by atoms with van der Waals surface area (Å²) in [7, 11) is 1.00. The molecule has 1 saturated carbocycles. The third-order valence-electron chi connectivity index (χ3n) is 3.38. The summed E-state index contributed by atoms with van der Waals surface area (Å²) in [4.78, 5) is 13.7. The Labute approximate surface area is 104 Å². The standard InChI is InChI=1S/C12H21NO2.CH4O/c1-12(2,3)15-11(14)13-7-9-5-4-6-10(9)8-13;1-2/h9-10H,4-8H2,1-3H3;2H,1H3/t9-,10+;. The quantitative estimate of drug-likeness (QED) is 0.710. The van der Waals surface area contributed by atoms with Gasteiger partial charge in [-0.1, -0.05) is 6.42 Å². The fourth-order valence-corrected chi connectivity index (χ4v) is 2.71. The summed E-state index contributed by atoms with van der Waals surface area (Å²) < 4.78 is 5.37. The van der Waals surface area contributed by atoms with Gasteiger partial charge in [0.05, 0.1) is 0 Å². The number of hydrogen-bond acceptors (Lipinski definition) is 3. The molecule has 4 heteroatoms. The zero-order valence-electron chi connectivity index (χ0n) is 11.4. The highest BCUT2D eigenvalue weighted by Crippen LogP contribution is 2.38. The molecule has 1 saturated heterocycles. The van der Waals surface area contributed by atoms with Crippen molar-refractivity contribution in [1.29, 1.82) is 0 Å². The van der Waals surface area contributed by atoms with Crippen LogP contribution >= 0.6 is 0 Å². The van der Waals surface area contributed by atoms with Crippen LogP contribution in [0.3, 0.4) is 0 Å². The summed E-state index contributed by atoms with van der Waals surface area (Å²) >= 11 is 0. The van der Waals surface area contributed by atoms with Gasteiger partial charge in [-0.15, -0.1) is 0 Å². The summed E-state index contributed by atoms with van der Waals surface area (Å²) in [6, 6.07) is 0. The minimum absolute atomic E-state index is 0.128. The number of nitrogens with zero attached hydrogens (tertiary/aromatic N) is 1. The monoisotopic (exact) mass is 243 g/mol. The Morgan fingerprint density at radius 1 is 1.18 bits per heavy atom. The third-order valence-corrected chi connectivity index (χ3v) is 3.38. The first-order chi connectivity index (χ1) is 7.96. The molecular formula is C13H25NO3. The average Bonchev–Trinajstić information content (AvgIpc) is 2.76. The molecule has 0 aromatic heterocycles. The highest BCUT2D eigenvalue weighted by molar-refractivity contribution is 5.68. The topological polar surface area (TPSA) is 49.8 Å². The fourth-order valence-electron chi connectivity index (χ4n) is 2.71. The molecule has 0 aromatic carbocycles. The summed E-state index contributed by atoms with van der Waals surface area (Å²) in [5, 5.41) is 7.00. The molecule has 0 unspecified atom stereocenters. The van der Waals surface area contributed by atoms with Crippen molar-refractivity contribution < 1.29 is 14.6 Å². The van der Waals surface area contributed by atoms with Gasteiger partial charge in [-0.25, -0.2) is 4.79 Å². The number of carbonyl (C=O) groups excluding carboxylic acids is 1. The Morgan fingerprint density at radius 3 is 2.06 bits per heavy atom. The van der Waals surface area contributed by atoms with Crippen molar-refractivity contribution in [3.8, 4) is 0 Å². The van der Waals surface area contributed by atoms with Crippen LogP contribution in [0.25, 0.3) is 0 Å². The van der Waals surface area contributed by atoms with Crippen LogP contribution in [0.1, 0.15) is 40.0 Å². The van der Waals surface area contributed by atoms with E-state index in [0.717, 1.165) is 32.0 Å². The van der Waals surface area contributed by atoms with Gasteiger partial charge in [0.2, 0.25) is 0 Å². The first-order valence-electron chi connectivity index (χ1n) is 6.38. The molecule has 2 atom stereocenters. The third kappa shape index (κ3) is 3.87. The summed E-state index contributed by atoms with van der Waals surface area (Å²) in [5.74, 6) is 1.50. The van der Waals surface area contributed by atoms with Crippen LogP contribution in [-0.4, -0.2) is 41.9 Å². The van der Waals surface area contributed by atoms with E-state index >= 15 is 0 Å². The van der Waals surface area contributed by atoms with Crippen molar-refractivity contribution >= 4 is 6.09 Å². The van der Waals surface area contributed by atoms with Gasteiger partial charge in [-0.3, -0.25) is 0 Å². The Bertz CT molecular complexity index is 248. The van der Waals surface area contributed by atoms with Crippen LogP contribution < -0.4 is 0 Å². The molecule has 2 fully saturated rings. The van der Waals surface area contributed by atoms with Crippen LogP contribution in [0.15, 0.2) is 0 Å². The minimum atomic E-state index is -0.366. The number of rotatable bonds is 0. The molecular weight excluding hydrogens is 218 g/mol. The highest BCUT2D eigenvalue weighted by Gasteiger charge is 2.39. The molecule has 1 aliphatic carbocycles. The number of hydrogen-bond donors (Lipinski definition) is 1. The molecule has 100 valence electrons. The highest BCUT2D eigenvalue weighted by atomic mass is 16.6. The Kier molecular flexibility index (Phi) is 4.80. The lowest BCUT2D eigenvalue weighted by atomic mass is 10.0. The van der Waals surface area contributed by atoms with Gasteiger partial charge in [0.15, 0.2) is 0 Å². The van der Waals surface area contributed by atoms with Gasteiger partial charge in [0.25, 0.3) is 0 Å². The smallest absolute Gasteiger partial charge is 0.410 e. The number of fused-ring (bicyclic) bond motifs is 1. The van der Waals surface area contributed by atoms with E-state index in [4.69, 9.17) is 9.84 Å². The molecule has 1 amide bonds. The van der Waals surface area contributed by atoms with E-state index in [9.17, 15) is 4.79 Å². The van der Waals surface area contributed by atoms with Gasteiger partial charge < -0.3 is 14.7 Å². The van der Waals surface area contributed by atoms with E-state index in [-0.39, 0.29) is 11.7 Å². The maximum atomic E-state index is 11.8. The summed E-state index contributed by atoms with van der Waals surface area (Å²) in [6.07, 6.45) is 3.81. The second-order valence-electron chi connectivity index (χ2n) is 5.84. The van der Waals surface area contributed by atoms with Crippen molar-refractivity contribution in [2.24, 2.45) is 11.8 Å². The minimum Gasteiger partial charge on any atom is -0.444 e. The van der Waals surface area contributed by atoms with E-state index in [2.05, 4.69) is 0 Å². The van der Waals surface area contributed by atoms with Crippen LogP contribution in [0, 0.1) is 11.8 Å². The van der Waals surface area contributed by atoms with Gasteiger partial charge in [-0.05, 0) is 45.4 Å². The van der Waals surface area contributed by atoms with Crippen LogP contribution in [-0.2, 0) is 4.74 Å². The van der Waals surface area contributed by atoms with Crippen molar-refractivity contribution in [2.75, 3.05) is 20.2 Å². The predicted molar refractivity (Wildman–Crippen MR) is 66.8 cm³/mol. The lowest BCUT2D eigenvalue weighted by Gasteiger charge is -2.24. The number of likely N-dealkylation sites (tertiary alicyclic amines) is 1. The van der Waals surface area contributed by atoms with E-state index < -0.39 is 0 Å². The number of carbonyl (C=O) groups is 1. The second kappa shape index (κ2) is 5.71. The summed E-state index contributed by atoms with van der Waals surface area (Å²) in [6.45, 7) is 7.59. The van der Waals surface area contributed by atoms with Crippen molar-refractivity contribution in [3.63, 3.8) is 0 Å². The number of ether oxygens (including phenoxy) is 1. The second-order valence-corrected chi connectivity index (χ2v) is 5.84. The maximum absolute atomic E-state index is 11.8. The molecule has 2 aliphatic rings. The molecule has 1 aliphatic heterocycles. The normalized spacial score (nSPS) is 27.2. The van der Waals surface area contributed by atoms with E-state index in [1.165, 1.54) is 19.3 Å². The van der Waals surface area contributed by atoms with Crippen molar-refractivity contribution in [1.82, 2.24) is 4.90 Å². The molecule has 0 bridgehead atoms. The van der Waals surface area contributed by atoms with E-state index in [1.807, 2.05) is 25.7 Å². The first kappa shape index (κ1) is 14.3. The lowest BCUT2D eigenvalue weighted by molar-refractivity contribution is 0.0280. The molecule has 1 heterocycles. The number of aliphatic hydroxyl groups excluding tert-OH is 1. The number of aliphatic hydroxyl groups is 1. The van der Waals surface area contributed by atoms with Gasteiger partial charge in [0, 0.05) is 20.2 Å². The van der Waals surface area contributed by atoms with Crippen LogP contribution in [0.5, 0.6) is 0 Å². The fraction of sp³-hybridized carbons (Fsp3) is 0.923. The molecule has 0 aromatic rings. The zero-order chi connectivity index (χ0) is 13.1. The largest absolute Gasteiger partial charge is 0.444 e.